The Bertz CT molecular complexity index is 1190. The number of carbonyl (C=O) groups excluding carboxylic acids is 1. The van der Waals surface area contributed by atoms with Crippen LogP contribution in [0.3, 0.4) is 0 Å². The zero-order valence-corrected chi connectivity index (χ0v) is 18.6. The lowest BCUT2D eigenvalue weighted by Gasteiger charge is -2.35. The molecule has 5 heterocycles. The third-order valence-corrected chi connectivity index (χ3v) is 5.86. The van der Waals surface area contributed by atoms with Crippen molar-refractivity contribution >= 4 is 23.4 Å². The second kappa shape index (κ2) is 9.20. The van der Waals surface area contributed by atoms with E-state index in [9.17, 15) is 9.90 Å². The van der Waals surface area contributed by atoms with Gasteiger partial charge in [0.1, 0.15) is 12.7 Å². The minimum absolute atomic E-state index is 0.0153. The molecule has 2 atom stereocenters. The van der Waals surface area contributed by atoms with Crippen LogP contribution in [0.4, 0.5) is 22.1 Å². The Morgan fingerprint density at radius 3 is 2.91 bits per heavy atom. The smallest absolute Gasteiger partial charge is 0.329 e. The lowest BCUT2D eigenvalue weighted by molar-refractivity contribution is 0.0520. The monoisotopic (exact) mass is 463 g/mol. The minimum Gasteiger partial charge on any atom is -0.474 e. The normalized spacial score (nSPS) is 17.3. The van der Waals surface area contributed by atoms with Crippen LogP contribution in [-0.2, 0) is 0 Å². The highest BCUT2D eigenvalue weighted by Crippen LogP contribution is 2.40. The molecule has 0 saturated carbocycles. The predicted molar refractivity (Wildman–Crippen MR) is 125 cm³/mol. The maximum Gasteiger partial charge on any atom is 0.329 e. The fourth-order valence-electron chi connectivity index (χ4n) is 4.13. The molecule has 0 aromatic carbocycles. The Morgan fingerprint density at radius 1 is 1.24 bits per heavy atom. The van der Waals surface area contributed by atoms with Crippen LogP contribution in [0.1, 0.15) is 12.1 Å². The van der Waals surface area contributed by atoms with Crippen molar-refractivity contribution in [2.45, 2.75) is 25.5 Å². The second-order valence-corrected chi connectivity index (χ2v) is 8.31. The first kappa shape index (κ1) is 22.0. The first-order valence-corrected chi connectivity index (χ1v) is 11.0. The Labute approximate surface area is 196 Å². The topological polar surface area (TPSA) is 137 Å². The molecule has 2 bridgehead atoms. The van der Waals surface area contributed by atoms with E-state index < -0.39 is 12.7 Å². The number of aliphatic hydroxyl groups is 2. The number of rotatable bonds is 6. The molecule has 0 radical (unpaired) electrons. The van der Waals surface area contributed by atoms with E-state index in [2.05, 4.69) is 25.2 Å². The van der Waals surface area contributed by atoms with E-state index in [1.165, 1.54) is 12.4 Å². The lowest BCUT2D eigenvalue weighted by atomic mass is 10.1. The number of hydrogen-bond donors (Lipinski definition) is 3. The first-order chi connectivity index (χ1) is 16.5. The fraction of sp³-hybridized carbons (Fsp3) is 0.348. The molecule has 0 aliphatic carbocycles. The standard InChI is InChI=1S/C23H25N7O4/c1-14-2-3-15(8-25-14)18-4-5-19-22(26-18)30(16-6-7-29(19)11-16)23(33)28-20-9-24-10-21(27-20)34-13-17(32)12-31/h2-5,8-10,16-17,31-32H,6-7,11-13H2,1H3,(H,27,28,33)/t16-,17-/m0/s1. The van der Waals surface area contributed by atoms with E-state index in [1.54, 1.807) is 11.1 Å². The summed E-state index contributed by atoms with van der Waals surface area (Å²) in [6.07, 6.45) is 4.37. The highest BCUT2D eigenvalue weighted by molar-refractivity contribution is 6.04. The van der Waals surface area contributed by atoms with Gasteiger partial charge in [-0.1, -0.05) is 0 Å². The first-order valence-electron chi connectivity index (χ1n) is 11.0. The molecule has 1 fully saturated rings. The van der Waals surface area contributed by atoms with Gasteiger partial charge in [-0.25, -0.2) is 9.78 Å². The number of nitrogens with zero attached hydrogens (tertiary/aromatic N) is 6. The quantitative estimate of drug-likeness (QED) is 0.498. The van der Waals surface area contributed by atoms with Crippen LogP contribution in [0.25, 0.3) is 11.3 Å². The summed E-state index contributed by atoms with van der Waals surface area (Å²) in [5, 5.41) is 21.2. The largest absolute Gasteiger partial charge is 0.474 e. The van der Waals surface area contributed by atoms with Crippen molar-refractivity contribution in [1.29, 1.82) is 0 Å². The summed E-state index contributed by atoms with van der Waals surface area (Å²) in [7, 11) is 0. The maximum atomic E-state index is 13.4. The average molecular weight is 463 g/mol. The van der Waals surface area contributed by atoms with Crippen LogP contribution in [0.5, 0.6) is 5.88 Å². The minimum atomic E-state index is -1.03. The molecule has 3 N–H and O–H groups in total. The number of ether oxygens (including phenoxy) is 1. The number of carbonyl (C=O) groups is 1. The van der Waals surface area contributed by atoms with Crippen molar-refractivity contribution in [3.05, 3.63) is 48.5 Å². The fourth-order valence-corrected chi connectivity index (χ4v) is 4.13. The average Bonchev–Trinajstić information content (AvgIpc) is 3.27. The van der Waals surface area contributed by atoms with Gasteiger partial charge in [0.15, 0.2) is 11.6 Å². The second-order valence-electron chi connectivity index (χ2n) is 8.31. The molecule has 3 aromatic rings. The van der Waals surface area contributed by atoms with Crippen molar-refractivity contribution in [2.75, 3.05) is 41.4 Å². The van der Waals surface area contributed by atoms with Gasteiger partial charge >= 0.3 is 6.03 Å². The van der Waals surface area contributed by atoms with Crippen LogP contribution < -0.4 is 19.9 Å². The van der Waals surface area contributed by atoms with E-state index in [0.717, 1.165) is 42.1 Å². The van der Waals surface area contributed by atoms with Gasteiger partial charge in [0, 0.05) is 30.5 Å². The van der Waals surface area contributed by atoms with Crippen molar-refractivity contribution in [3.8, 4) is 17.1 Å². The molecule has 2 amide bonds. The van der Waals surface area contributed by atoms with Crippen molar-refractivity contribution in [2.24, 2.45) is 0 Å². The molecule has 5 rings (SSSR count). The lowest BCUT2D eigenvalue weighted by Crippen LogP contribution is -2.48. The Hall–Kier alpha value is -3.83. The van der Waals surface area contributed by atoms with E-state index in [-0.39, 0.29) is 30.4 Å². The van der Waals surface area contributed by atoms with E-state index in [0.29, 0.717) is 5.82 Å². The summed E-state index contributed by atoms with van der Waals surface area (Å²) in [5.41, 5.74) is 3.45. The molecule has 1 saturated heterocycles. The third kappa shape index (κ3) is 4.35. The number of amides is 2. The molecular weight excluding hydrogens is 438 g/mol. The highest BCUT2D eigenvalue weighted by atomic mass is 16.5. The van der Waals surface area contributed by atoms with E-state index in [4.69, 9.17) is 14.8 Å². The molecule has 11 nitrogen and oxygen atoms in total. The number of urea groups is 1. The summed E-state index contributed by atoms with van der Waals surface area (Å²) < 4.78 is 5.33. The number of aliphatic hydroxyl groups excluding tert-OH is 2. The molecule has 34 heavy (non-hydrogen) atoms. The summed E-state index contributed by atoms with van der Waals surface area (Å²) in [4.78, 5) is 34.8. The number of fused-ring (bicyclic) bond motifs is 4. The number of pyridine rings is 2. The molecule has 0 spiro atoms. The van der Waals surface area contributed by atoms with Crippen LogP contribution in [0, 0.1) is 6.92 Å². The number of nitrogens with one attached hydrogen (secondary N) is 1. The van der Waals surface area contributed by atoms with E-state index >= 15 is 0 Å². The number of anilines is 3. The predicted octanol–water partition coefficient (Wildman–Crippen LogP) is 1.60. The summed E-state index contributed by atoms with van der Waals surface area (Å²) in [6, 6.07) is 7.47. The van der Waals surface area contributed by atoms with Crippen molar-refractivity contribution in [1.82, 2.24) is 19.9 Å². The molecular formula is C23H25N7O4. The van der Waals surface area contributed by atoms with Gasteiger partial charge in [-0.3, -0.25) is 20.2 Å². The van der Waals surface area contributed by atoms with Gasteiger partial charge < -0.3 is 19.8 Å². The Kier molecular flexibility index (Phi) is 5.95. The molecule has 176 valence electrons. The number of aromatic nitrogens is 4. The molecule has 11 heteroatoms. The van der Waals surface area contributed by atoms with E-state index in [1.807, 2.05) is 31.2 Å². The third-order valence-electron chi connectivity index (χ3n) is 5.86. The van der Waals surface area contributed by atoms with Gasteiger partial charge in [0.25, 0.3) is 0 Å². The van der Waals surface area contributed by atoms with Gasteiger partial charge in [-0.05, 0) is 37.6 Å². The maximum absolute atomic E-state index is 13.4. The SMILES string of the molecule is Cc1ccc(-c2ccc3c(n2)N(C(=O)Nc2cncc(OC[C@@H](O)CO)n2)[C@H]2CCN3C2)cn1. The highest BCUT2D eigenvalue weighted by Gasteiger charge is 2.40. The van der Waals surface area contributed by atoms with Crippen LogP contribution >= 0.6 is 0 Å². The van der Waals surface area contributed by atoms with Crippen molar-refractivity contribution < 1.29 is 19.7 Å². The zero-order chi connectivity index (χ0) is 23.7. The summed E-state index contributed by atoms with van der Waals surface area (Å²) in [6.45, 7) is 2.95. The molecule has 2 aliphatic heterocycles. The van der Waals surface area contributed by atoms with Crippen LogP contribution in [0.2, 0.25) is 0 Å². The van der Waals surface area contributed by atoms with Gasteiger partial charge in [0.2, 0.25) is 5.88 Å². The Balaban J connectivity index is 1.40. The molecule has 3 aromatic heterocycles. The Morgan fingerprint density at radius 2 is 2.12 bits per heavy atom. The zero-order valence-electron chi connectivity index (χ0n) is 18.6. The van der Waals surface area contributed by atoms with Gasteiger partial charge in [-0.15, -0.1) is 0 Å². The molecule has 2 aliphatic rings. The van der Waals surface area contributed by atoms with Gasteiger partial charge in [-0.2, -0.15) is 4.98 Å². The van der Waals surface area contributed by atoms with Crippen molar-refractivity contribution in [3.63, 3.8) is 0 Å². The summed E-state index contributed by atoms with van der Waals surface area (Å²) in [5.74, 6) is 0.932. The van der Waals surface area contributed by atoms with Crippen LogP contribution in [-0.4, -0.2) is 74.6 Å². The molecule has 0 unspecified atom stereocenters. The number of hydrogen-bond acceptors (Lipinski definition) is 9. The van der Waals surface area contributed by atoms with Gasteiger partial charge in [0.05, 0.1) is 36.4 Å². The number of aryl methyl sites for hydroxylation is 1. The van der Waals surface area contributed by atoms with Crippen LogP contribution in [0.15, 0.2) is 42.9 Å². The summed E-state index contributed by atoms with van der Waals surface area (Å²) >= 11 is 0.